The van der Waals surface area contributed by atoms with Crippen molar-refractivity contribution in [3.8, 4) is 17.1 Å². The summed E-state index contributed by atoms with van der Waals surface area (Å²) >= 11 is 0. The van der Waals surface area contributed by atoms with Gasteiger partial charge >= 0.3 is 5.97 Å². The molecular weight excluding hydrogens is 272 g/mol. The smallest absolute Gasteiger partial charge is 0.304 e. The van der Waals surface area contributed by atoms with Gasteiger partial charge in [0.25, 0.3) is 0 Å². The Kier molecular flexibility index (Phi) is 4.57. The van der Waals surface area contributed by atoms with Gasteiger partial charge in [0.05, 0.1) is 12.5 Å². The normalized spacial score (nSPS) is 12.4. The lowest BCUT2D eigenvalue weighted by Gasteiger charge is -2.09. The average Bonchev–Trinajstić information content (AvgIpc) is 2.87. The first kappa shape index (κ1) is 15.0. The van der Waals surface area contributed by atoms with E-state index in [9.17, 15) is 4.79 Å². The summed E-state index contributed by atoms with van der Waals surface area (Å²) in [6.45, 7) is 5.66. The summed E-state index contributed by atoms with van der Waals surface area (Å²) in [5.74, 6) is 0.342. The lowest BCUT2D eigenvalue weighted by Crippen LogP contribution is -2.05. The van der Waals surface area contributed by atoms with Crippen LogP contribution in [0.25, 0.3) is 11.4 Å². The molecule has 6 nitrogen and oxygen atoms in total. The van der Waals surface area contributed by atoms with E-state index in [0.29, 0.717) is 11.7 Å². The quantitative estimate of drug-likeness (QED) is 0.879. The molecule has 21 heavy (non-hydrogen) atoms. The molecule has 1 aromatic carbocycles. The monoisotopic (exact) mass is 290 g/mol. The van der Waals surface area contributed by atoms with Crippen molar-refractivity contribution in [2.45, 2.75) is 39.2 Å². The van der Waals surface area contributed by atoms with E-state index >= 15 is 0 Å². The Hall–Kier alpha value is -2.37. The molecule has 2 aromatic rings. The number of carboxylic acid groups (broad SMARTS) is 1. The fraction of sp³-hybridized carbons (Fsp3) is 0.400. The maximum atomic E-state index is 10.7. The van der Waals surface area contributed by atoms with Crippen molar-refractivity contribution in [3.05, 3.63) is 30.2 Å². The summed E-state index contributed by atoms with van der Waals surface area (Å²) < 4.78 is 10.7. The van der Waals surface area contributed by atoms with Gasteiger partial charge in [0.1, 0.15) is 5.75 Å². The minimum absolute atomic E-state index is 0.0389. The molecule has 1 aromatic heterocycles. The van der Waals surface area contributed by atoms with Crippen LogP contribution in [0, 0.1) is 0 Å². The standard InChI is InChI=1S/C15H18N2O4/c1-9(2)20-12-6-4-11(5-7-12)14-16-15(21-17-14)10(3)8-13(18)19/h4-7,9-10H,8H2,1-3H3,(H,18,19). The van der Waals surface area contributed by atoms with Gasteiger partial charge < -0.3 is 14.4 Å². The number of carboxylic acids is 1. The second-order valence-electron chi connectivity index (χ2n) is 5.15. The van der Waals surface area contributed by atoms with Crippen LogP contribution >= 0.6 is 0 Å². The van der Waals surface area contributed by atoms with Gasteiger partial charge in [0, 0.05) is 11.5 Å². The highest BCUT2D eigenvalue weighted by molar-refractivity contribution is 5.67. The van der Waals surface area contributed by atoms with Gasteiger partial charge in [-0.25, -0.2) is 0 Å². The summed E-state index contributed by atoms with van der Waals surface area (Å²) in [5, 5.41) is 12.7. The van der Waals surface area contributed by atoms with E-state index in [4.69, 9.17) is 14.4 Å². The highest BCUT2D eigenvalue weighted by Gasteiger charge is 2.18. The molecular formula is C15H18N2O4. The predicted octanol–water partition coefficient (Wildman–Crippen LogP) is 3.10. The zero-order chi connectivity index (χ0) is 15.4. The van der Waals surface area contributed by atoms with Gasteiger partial charge in [0.15, 0.2) is 0 Å². The molecule has 1 N–H and O–H groups in total. The van der Waals surface area contributed by atoms with Crippen molar-refractivity contribution in [1.82, 2.24) is 10.1 Å². The maximum absolute atomic E-state index is 10.7. The number of hydrogen-bond acceptors (Lipinski definition) is 5. The molecule has 0 saturated carbocycles. The van der Waals surface area contributed by atoms with E-state index in [1.54, 1.807) is 6.92 Å². The molecule has 0 spiro atoms. The molecule has 2 rings (SSSR count). The Morgan fingerprint density at radius 2 is 1.95 bits per heavy atom. The van der Waals surface area contributed by atoms with E-state index in [0.717, 1.165) is 11.3 Å². The number of hydrogen-bond donors (Lipinski definition) is 1. The Labute approximate surface area is 122 Å². The molecule has 0 saturated heterocycles. The third-order valence-electron chi connectivity index (χ3n) is 2.83. The van der Waals surface area contributed by atoms with E-state index in [1.165, 1.54) is 0 Å². The van der Waals surface area contributed by atoms with Crippen molar-refractivity contribution in [1.29, 1.82) is 0 Å². The van der Waals surface area contributed by atoms with E-state index in [2.05, 4.69) is 10.1 Å². The Morgan fingerprint density at radius 1 is 1.29 bits per heavy atom. The van der Waals surface area contributed by atoms with Crippen LogP contribution in [0.1, 0.15) is 39.0 Å². The van der Waals surface area contributed by atoms with Gasteiger partial charge in [-0.3, -0.25) is 4.79 Å². The molecule has 0 fully saturated rings. The number of benzene rings is 1. The molecule has 1 heterocycles. The summed E-state index contributed by atoms with van der Waals surface area (Å²) in [6.07, 6.45) is 0.0764. The van der Waals surface area contributed by atoms with Crippen LogP contribution in [0.15, 0.2) is 28.8 Å². The number of rotatable bonds is 6. The molecule has 1 unspecified atom stereocenters. The van der Waals surface area contributed by atoms with Gasteiger partial charge in [-0.1, -0.05) is 12.1 Å². The van der Waals surface area contributed by atoms with Crippen LogP contribution < -0.4 is 4.74 Å². The Bertz CT molecular complexity index is 604. The van der Waals surface area contributed by atoms with E-state index in [1.807, 2.05) is 38.1 Å². The number of carbonyl (C=O) groups is 1. The van der Waals surface area contributed by atoms with Crippen LogP contribution in [0.2, 0.25) is 0 Å². The van der Waals surface area contributed by atoms with Crippen LogP contribution in [0.3, 0.4) is 0 Å². The highest BCUT2D eigenvalue weighted by atomic mass is 16.5. The molecule has 6 heteroatoms. The first-order chi connectivity index (χ1) is 9.95. The maximum Gasteiger partial charge on any atom is 0.304 e. The van der Waals surface area contributed by atoms with Gasteiger partial charge in [0.2, 0.25) is 11.7 Å². The minimum Gasteiger partial charge on any atom is -0.491 e. The van der Waals surface area contributed by atoms with Crippen LogP contribution in [0.4, 0.5) is 0 Å². The van der Waals surface area contributed by atoms with Crippen molar-refractivity contribution in [3.63, 3.8) is 0 Å². The van der Waals surface area contributed by atoms with Crippen LogP contribution in [0.5, 0.6) is 5.75 Å². The summed E-state index contributed by atoms with van der Waals surface area (Å²) in [6, 6.07) is 7.36. The molecule has 0 aliphatic rings. The van der Waals surface area contributed by atoms with Crippen LogP contribution in [-0.4, -0.2) is 27.3 Å². The molecule has 1 atom stereocenters. The molecule has 0 aliphatic carbocycles. The first-order valence-corrected chi connectivity index (χ1v) is 6.78. The molecule has 0 bridgehead atoms. The topological polar surface area (TPSA) is 85.5 Å². The molecule has 112 valence electrons. The number of ether oxygens (including phenoxy) is 1. The fourth-order valence-corrected chi connectivity index (χ4v) is 1.86. The summed E-state index contributed by atoms with van der Waals surface area (Å²) in [7, 11) is 0. The van der Waals surface area contributed by atoms with Gasteiger partial charge in [-0.15, -0.1) is 0 Å². The van der Waals surface area contributed by atoms with Crippen molar-refractivity contribution in [2.75, 3.05) is 0 Å². The predicted molar refractivity (Wildman–Crippen MR) is 76.2 cm³/mol. The summed E-state index contributed by atoms with van der Waals surface area (Å²) in [4.78, 5) is 14.9. The molecule has 0 amide bonds. The second kappa shape index (κ2) is 6.39. The molecule has 0 radical (unpaired) electrons. The minimum atomic E-state index is -0.891. The lowest BCUT2D eigenvalue weighted by atomic mass is 10.1. The van der Waals surface area contributed by atoms with Crippen LogP contribution in [-0.2, 0) is 4.79 Å². The Morgan fingerprint density at radius 3 is 2.52 bits per heavy atom. The number of aliphatic carboxylic acids is 1. The van der Waals surface area contributed by atoms with Crippen molar-refractivity contribution >= 4 is 5.97 Å². The Balaban J connectivity index is 2.12. The van der Waals surface area contributed by atoms with Gasteiger partial charge in [-0.2, -0.15) is 4.98 Å². The van der Waals surface area contributed by atoms with Crippen molar-refractivity contribution in [2.24, 2.45) is 0 Å². The first-order valence-electron chi connectivity index (χ1n) is 6.78. The molecule has 0 aliphatic heterocycles. The SMILES string of the molecule is CC(C)Oc1ccc(-c2noc(C(C)CC(=O)O)n2)cc1. The van der Waals surface area contributed by atoms with Crippen molar-refractivity contribution < 1.29 is 19.2 Å². The second-order valence-corrected chi connectivity index (χ2v) is 5.15. The fourth-order valence-electron chi connectivity index (χ4n) is 1.86. The lowest BCUT2D eigenvalue weighted by molar-refractivity contribution is -0.137. The van der Waals surface area contributed by atoms with E-state index < -0.39 is 5.97 Å². The number of nitrogens with zero attached hydrogens (tertiary/aromatic N) is 2. The van der Waals surface area contributed by atoms with Gasteiger partial charge in [-0.05, 0) is 38.1 Å². The zero-order valence-electron chi connectivity index (χ0n) is 12.2. The average molecular weight is 290 g/mol. The largest absolute Gasteiger partial charge is 0.491 e. The zero-order valence-corrected chi connectivity index (χ0v) is 12.2. The third kappa shape index (κ3) is 4.05. The number of aromatic nitrogens is 2. The summed E-state index contributed by atoms with van der Waals surface area (Å²) in [5.41, 5.74) is 0.795. The third-order valence-corrected chi connectivity index (χ3v) is 2.83. The van der Waals surface area contributed by atoms with E-state index in [-0.39, 0.29) is 18.4 Å². The highest BCUT2D eigenvalue weighted by Crippen LogP contribution is 2.23.